The Morgan fingerprint density at radius 3 is 2.78 bits per heavy atom. The van der Waals surface area contributed by atoms with Crippen LogP contribution in [-0.4, -0.2) is 35.9 Å². The van der Waals surface area contributed by atoms with Crippen LogP contribution in [-0.2, 0) is 14.8 Å². The maximum absolute atomic E-state index is 12.5. The average molecular weight is 287 g/mol. The van der Waals surface area contributed by atoms with Gasteiger partial charge in [-0.25, -0.2) is 8.42 Å². The predicted molar refractivity (Wildman–Crippen MR) is 65.9 cm³/mol. The molecule has 3 heterocycles. The van der Waals surface area contributed by atoms with Gasteiger partial charge in [-0.3, -0.25) is 4.79 Å². The highest BCUT2D eigenvalue weighted by atomic mass is 32.2. The highest BCUT2D eigenvalue weighted by Gasteiger charge is 2.54. The van der Waals surface area contributed by atoms with Crippen molar-refractivity contribution < 1.29 is 18.3 Å². The summed E-state index contributed by atoms with van der Waals surface area (Å²) in [6.45, 7) is 0. The lowest BCUT2D eigenvalue weighted by molar-refractivity contribution is -0.142. The number of carboxylic acid groups (broad SMARTS) is 1. The smallest absolute Gasteiger partial charge is 0.308 e. The molecule has 0 aliphatic carbocycles. The molecule has 0 amide bonds. The van der Waals surface area contributed by atoms with E-state index in [-0.39, 0.29) is 12.1 Å². The van der Waals surface area contributed by atoms with Crippen LogP contribution in [0.15, 0.2) is 21.7 Å². The lowest BCUT2D eigenvalue weighted by Gasteiger charge is -2.21. The second-order valence-corrected chi connectivity index (χ2v) is 7.76. The Labute approximate surface area is 109 Å². The Balaban J connectivity index is 1.97. The molecule has 0 spiro atoms. The molecule has 18 heavy (non-hydrogen) atoms. The van der Waals surface area contributed by atoms with Crippen molar-refractivity contribution in [2.45, 2.75) is 35.6 Å². The molecular weight excluding hydrogens is 274 g/mol. The van der Waals surface area contributed by atoms with Gasteiger partial charge in [0.05, 0.1) is 5.92 Å². The molecule has 2 saturated heterocycles. The van der Waals surface area contributed by atoms with Gasteiger partial charge in [0, 0.05) is 12.1 Å². The van der Waals surface area contributed by atoms with Crippen molar-refractivity contribution in [1.29, 1.82) is 0 Å². The van der Waals surface area contributed by atoms with Crippen LogP contribution in [0.1, 0.15) is 19.3 Å². The van der Waals surface area contributed by atoms with Gasteiger partial charge in [0.1, 0.15) is 4.21 Å². The third-order valence-electron chi connectivity index (χ3n) is 3.82. The Kier molecular flexibility index (Phi) is 2.72. The van der Waals surface area contributed by atoms with Crippen LogP contribution >= 0.6 is 11.3 Å². The van der Waals surface area contributed by atoms with Gasteiger partial charge in [0.2, 0.25) is 0 Å². The number of thiophene rings is 1. The first-order chi connectivity index (χ1) is 8.51. The van der Waals surface area contributed by atoms with Crippen molar-refractivity contribution in [3.8, 4) is 0 Å². The number of aliphatic carboxylic acids is 1. The van der Waals surface area contributed by atoms with E-state index in [4.69, 9.17) is 5.11 Å². The van der Waals surface area contributed by atoms with Gasteiger partial charge in [-0.05, 0) is 30.7 Å². The zero-order chi connectivity index (χ0) is 12.9. The number of hydrogen-bond donors (Lipinski definition) is 1. The summed E-state index contributed by atoms with van der Waals surface area (Å²) < 4.78 is 26.7. The molecule has 7 heteroatoms. The zero-order valence-electron chi connectivity index (χ0n) is 9.52. The molecule has 3 atom stereocenters. The number of carboxylic acids is 1. The van der Waals surface area contributed by atoms with E-state index < -0.39 is 21.9 Å². The number of rotatable bonds is 3. The normalized spacial score (nSPS) is 31.9. The third kappa shape index (κ3) is 1.61. The summed E-state index contributed by atoms with van der Waals surface area (Å²) in [6.07, 6.45) is 1.88. The molecule has 98 valence electrons. The molecular formula is C11H13NO4S2. The first-order valence-electron chi connectivity index (χ1n) is 5.81. The van der Waals surface area contributed by atoms with Crippen molar-refractivity contribution in [3.05, 3.63) is 17.5 Å². The van der Waals surface area contributed by atoms with Gasteiger partial charge in [-0.1, -0.05) is 6.07 Å². The first-order valence-corrected chi connectivity index (χ1v) is 8.13. The minimum atomic E-state index is -3.51. The van der Waals surface area contributed by atoms with Crippen LogP contribution in [0.25, 0.3) is 0 Å². The molecule has 1 aromatic heterocycles. The maximum Gasteiger partial charge on any atom is 0.308 e. The van der Waals surface area contributed by atoms with E-state index in [1.165, 1.54) is 15.6 Å². The van der Waals surface area contributed by atoms with Crippen LogP contribution in [0.2, 0.25) is 0 Å². The van der Waals surface area contributed by atoms with Crippen molar-refractivity contribution in [2.24, 2.45) is 5.92 Å². The molecule has 0 radical (unpaired) electrons. The summed E-state index contributed by atoms with van der Waals surface area (Å²) in [5.74, 6) is -1.42. The lowest BCUT2D eigenvalue weighted by atomic mass is 9.89. The summed E-state index contributed by atoms with van der Waals surface area (Å²) in [6, 6.07) is 2.78. The molecule has 3 rings (SSSR count). The fourth-order valence-corrected chi connectivity index (χ4v) is 6.10. The number of fused-ring (bicyclic) bond motifs is 2. The highest BCUT2D eigenvalue weighted by Crippen LogP contribution is 2.45. The second kappa shape index (κ2) is 4.04. The van der Waals surface area contributed by atoms with E-state index >= 15 is 0 Å². The Hall–Kier alpha value is -0.920. The van der Waals surface area contributed by atoms with E-state index in [2.05, 4.69) is 0 Å². The molecule has 2 bridgehead atoms. The number of hydrogen-bond acceptors (Lipinski definition) is 4. The molecule has 0 saturated carbocycles. The molecule has 3 unspecified atom stereocenters. The molecule has 5 nitrogen and oxygen atoms in total. The summed E-state index contributed by atoms with van der Waals surface area (Å²) in [5, 5.41) is 10.9. The monoisotopic (exact) mass is 287 g/mol. The fourth-order valence-electron chi connectivity index (χ4n) is 3.09. The van der Waals surface area contributed by atoms with E-state index in [1.807, 2.05) is 0 Å². The number of nitrogens with zero attached hydrogens (tertiary/aromatic N) is 1. The van der Waals surface area contributed by atoms with Gasteiger partial charge in [0.15, 0.2) is 0 Å². The van der Waals surface area contributed by atoms with Crippen molar-refractivity contribution in [1.82, 2.24) is 4.31 Å². The summed E-state index contributed by atoms with van der Waals surface area (Å²) in [5.41, 5.74) is 0. The van der Waals surface area contributed by atoms with Crippen LogP contribution in [0.5, 0.6) is 0 Å². The topological polar surface area (TPSA) is 74.7 Å². The van der Waals surface area contributed by atoms with Gasteiger partial charge in [0.25, 0.3) is 10.0 Å². The number of sulfonamides is 1. The molecule has 1 N–H and O–H groups in total. The Morgan fingerprint density at radius 1 is 1.44 bits per heavy atom. The fraction of sp³-hybridized carbons (Fsp3) is 0.545. The number of carbonyl (C=O) groups is 1. The Morgan fingerprint density at radius 2 is 2.22 bits per heavy atom. The summed E-state index contributed by atoms with van der Waals surface area (Å²) in [4.78, 5) is 11.1. The van der Waals surface area contributed by atoms with Gasteiger partial charge < -0.3 is 5.11 Å². The van der Waals surface area contributed by atoms with Crippen LogP contribution in [0, 0.1) is 5.92 Å². The maximum atomic E-state index is 12.5. The van der Waals surface area contributed by atoms with Gasteiger partial charge in [-0.2, -0.15) is 4.31 Å². The molecule has 2 aliphatic rings. The van der Waals surface area contributed by atoms with Crippen LogP contribution in [0.3, 0.4) is 0 Å². The molecule has 2 aliphatic heterocycles. The molecule has 0 aromatic carbocycles. The van der Waals surface area contributed by atoms with E-state index in [1.54, 1.807) is 17.5 Å². The largest absolute Gasteiger partial charge is 0.481 e. The van der Waals surface area contributed by atoms with E-state index in [0.29, 0.717) is 17.1 Å². The quantitative estimate of drug-likeness (QED) is 0.911. The summed E-state index contributed by atoms with van der Waals surface area (Å²) >= 11 is 1.18. The minimum absolute atomic E-state index is 0.136. The van der Waals surface area contributed by atoms with Crippen LogP contribution in [0.4, 0.5) is 0 Å². The molecule has 2 fully saturated rings. The van der Waals surface area contributed by atoms with Gasteiger partial charge in [-0.15, -0.1) is 11.3 Å². The average Bonchev–Trinajstić information content (AvgIpc) is 3.04. The summed E-state index contributed by atoms with van der Waals surface area (Å²) in [7, 11) is -3.51. The SMILES string of the molecule is O=C(O)C1CC2CCC1N2S(=O)(=O)c1cccs1. The highest BCUT2D eigenvalue weighted by molar-refractivity contribution is 7.91. The second-order valence-electron chi connectivity index (χ2n) is 4.75. The predicted octanol–water partition coefficient (Wildman–Crippen LogP) is 1.37. The first kappa shape index (κ1) is 12.1. The standard InChI is InChI=1S/C11H13NO4S2/c13-11(14)8-6-7-3-4-9(8)12(7)18(15,16)10-2-1-5-17-10/h1-2,5,7-9H,3-4,6H2,(H,13,14). The zero-order valence-corrected chi connectivity index (χ0v) is 11.2. The minimum Gasteiger partial charge on any atom is -0.481 e. The van der Waals surface area contributed by atoms with Crippen molar-refractivity contribution >= 4 is 27.3 Å². The van der Waals surface area contributed by atoms with E-state index in [9.17, 15) is 13.2 Å². The van der Waals surface area contributed by atoms with Crippen LogP contribution < -0.4 is 0 Å². The lowest BCUT2D eigenvalue weighted by Crippen LogP contribution is -2.37. The third-order valence-corrected chi connectivity index (χ3v) is 7.17. The van der Waals surface area contributed by atoms with Crippen molar-refractivity contribution in [3.63, 3.8) is 0 Å². The Bertz CT molecular complexity index is 566. The van der Waals surface area contributed by atoms with Crippen molar-refractivity contribution in [2.75, 3.05) is 0 Å². The van der Waals surface area contributed by atoms with Gasteiger partial charge >= 0.3 is 5.97 Å². The van der Waals surface area contributed by atoms with E-state index in [0.717, 1.165) is 6.42 Å². The molecule has 1 aromatic rings.